The normalized spacial score (nSPS) is 10.4. The summed E-state index contributed by atoms with van der Waals surface area (Å²) >= 11 is 3.20. The van der Waals surface area contributed by atoms with Gasteiger partial charge in [0, 0.05) is 10.2 Å². The molecular weight excluding hydrogens is 426 g/mol. The zero-order chi connectivity index (χ0) is 20.3. The number of hydrogen-bond acceptors (Lipinski definition) is 4. The molecule has 0 spiro atoms. The highest BCUT2D eigenvalue weighted by Crippen LogP contribution is 2.43. The van der Waals surface area contributed by atoms with Gasteiger partial charge in [0.1, 0.15) is 5.75 Å². The number of hydrogen-bond donors (Lipinski definition) is 2. The third-order valence-corrected chi connectivity index (χ3v) is 4.56. The first-order chi connectivity index (χ1) is 13.4. The van der Waals surface area contributed by atoms with Crippen LogP contribution in [0.4, 0.5) is 17.1 Å². The minimum absolute atomic E-state index is 0.0406. The van der Waals surface area contributed by atoms with Crippen LogP contribution in [0, 0.1) is 0 Å². The lowest BCUT2D eigenvalue weighted by Gasteiger charge is -2.29. The van der Waals surface area contributed by atoms with Gasteiger partial charge in [-0.3, -0.25) is 0 Å². The van der Waals surface area contributed by atoms with Crippen molar-refractivity contribution in [2.45, 2.75) is 0 Å². The Labute approximate surface area is 169 Å². The summed E-state index contributed by atoms with van der Waals surface area (Å²) in [4.78, 5) is 25.6. The van der Waals surface area contributed by atoms with Crippen LogP contribution in [0.15, 0.2) is 71.2 Å². The lowest BCUT2D eigenvalue weighted by Crippen LogP contribution is -2.19. The van der Waals surface area contributed by atoms with E-state index in [1.165, 1.54) is 19.2 Å². The van der Waals surface area contributed by atoms with Crippen LogP contribution in [0.2, 0.25) is 0 Å². The number of para-hydroxylation sites is 3. The van der Waals surface area contributed by atoms with Gasteiger partial charge in [0.25, 0.3) is 0 Å². The van der Waals surface area contributed by atoms with Crippen LogP contribution < -0.4 is 9.64 Å². The molecule has 0 aliphatic heterocycles. The molecule has 2 N–H and O–H groups in total. The van der Waals surface area contributed by atoms with Crippen molar-refractivity contribution in [3.8, 4) is 5.75 Å². The Hall–Kier alpha value is -3.32. The number of nitrogens with zero attached hydrogens (tertiary/aromatic N) is 1. The third-order valence-electron chi connectivity index (χ3n) is 4.10. The van der Waals surface area contributed by atoms with Crippen molar-refractivity contribution >= 4 is 44.9 Å². The van der Waals surface area contributed by atoms with Crippen molar-refractivity contribution in [1.82, 2.24) is 0 Å². The summed E-state index contributed by atoms with van der Waals surface area (Å²) in [5.74, 6) is -2.01. The molecule has 0 aliphatic rings. The summed E-state index contributed by atoms with van der Waals surface area (Å²) < 4.78 is 5.81. The molecule has 0 amide bonds. The molecule has 7 heteroatoms. The fourth-order valence-corrected chi connectivity index (χ4v) is 3.40. The van der Waals surface area contributed by atoms with E-state index in [1.54, 1.807) is 53.4 Å². The van der Waals surface area contributed by atoms with Crippen molar-refractivity contribution in [1.29, 1.82) is 0 Å². The maximum atomic E-state index is 12.0. The van der Waals surface area contributed by atoms with Crippen LogP contribution >= 0.6 is 15.9 Å². The van der Waals surface area contributed by atoms with Crippen LogP contribution in [0.25, 0.3) is 0 Å². The van der Waals surface area contributed by atoms with Crippen molar-refractivity contribution < 1.29 is 24.5 Å². The number of halogens is 1. The van der Waals surface area contributed by atoms with E-state index in [1.807, 2.05) is 6.07 Å². The van der Waals surface area contributed by atoms with E-state index in [9.17, 15) is 19.8 Å². The molecule has 0 saturated carbocycles. The fourth-order valence-electron chi connectivity index (χ4n) is 2.95. The number of carboxylic acid groups (broad SMARTS) is 2. The summed E-state index contributed by atoms with van der Waals surface area (Å²) in [6, 6.07) is 18.7. The second-order valence-electron chi connectivity index (χ2n) is 5.80. The van der Waals surface area contributed by atoms with Gasteiger partial charge in [-0.15, -0.1) is 0 Å². The van der Waals surface area contributed by atoms with Crippen LogP contribution in [0.5, 0.6) is 5.75 Å². The first-order valence-electron chi connectivity index (χ1n) is 8.22. The van der Waals surface area contributed by atoms with E-state index in [0.29, 0.717) is 21.6 Å². The van der Waals surface area contributed by atoms with E-state index >= 15 is 0 Å². The first-order valence-corrected chi connectivity index (χ1v) is 9.01. The minimum atomic E-state index is -1.24. The van der Waals surface area contributed by atoms with Gasteiger partial charge in [-0.2, -0.15) is 0 Å². The van der Waals surface area contributed by atoms with Crippen molar-refractivity contribution in [3.63, 3.8) is 0 Å². The standard InChI is InChI=1S/C21H16BrNO5/c1-28-18-10-6-5-9-17(18)23(14-7-3-2-4-8-14)19-15(20(24)25)11-13(22)12-16(19)21(26)27/h2-12H,1H3,(H,24,25)(H,26,27). The highest BCUT2D eigenvalue weighted by molar-refractivity contribution is 9.10. The molecule has 142 valence electrons. The van der Waals surface area contributed by atoms with Gasteiger partial charge in [-0.05, 0) is 36.4 Å². The Morgan fingerprint density at radius 1 is 0.893 bits per heavy atom. The lowest BCUT2D eigenvalue weighted by atomic mass is 10.0. The molecule has 3 aromatic rings. The molecule has 0 fully saturated rings. The maximum Gasteiger partial charge on any atom is 0.337 e. The molecule has 0 unspecified atom stereocenters. The van der Waals surface area contributed by atoms with E-state index in [0.717, 1.165) is 0 Å². The topological polar surface area (TPSA) is 87.1 Å². The highest BCUT2D eigenvalue weighted by atomic mass is 79.9. The first kappa shape index (κ1) is 19.4. The van der Waals surface area contributed by atoms with Gasteiger partial charge in [-0.25, -0.2) is 9.59 Å². The minimum Gasteiger partial charge on any atom is -0.495 e. The average Bonchev–Trinajstić information content (AvgIpc) is 2.69. The lowest BCUT2D eigenvalue weighted by molar-refractivity contribution is 0.0696. The second kappa shape index (κ2) is 8.14. The van der Waals surface area contributed by atoms with E-state index in [-0.39, 0.29) is 16.8 Å². The van der Waals surface area contributed by atoms with E-state index in [4.69, 9.17) is 4.74 Å². The number of methoxy groups -OCH3 is 1. The van der Waals surface area contributed by atoms with E-state index in [2.05, 4.69) is 15.9 Å². The number of aromatic carboxylic acids is 2. The van der Waals surface area contributed by atoms with Gasteiger partial charge in [0.15, 0.2) is 0 Å². The molecule has 6 nitrogen and oxygen atoms in total. The Morgan fingerprint density at radius 3 is 1.96 bits per heavy atom. The van der Waals surface area contributed by atoms with Crippen LogP contribution in [-0.2, 0) is 0 Å². The Bertz CT molecular complexity index is 1000. The number of carboxylic acids is 2. The Morgan fingerprint density at radius 2 is 1.43 bits per heavy atom. The molecule has 3 rings (SSSR count). The molecule has 0 radical (unpaired) electrons. The fraction of sp³-hybridized carbons (Fsp3) is 0.0476. The zero-order valence-electron chi connectivity index (χ0n) is 14.8. The molecule has 0 aliphatic carbocycles. The number of ether oxygens (including phenoxy) is 1. The van der Waals surface area contributed by atoms with Crippen molar-refractivity contribution in [2.24, 2.45) is 0 Å². The van der Waals surface area contributed by atoms with E-state index < -0.39 is 11.9 Å². The van der Waals surface area contributed by atoms with Gasteiger partial charge in [0.2, 0.25) is 0 Å². The van der Waals surface area contributed by atoms with Gasteiger partial charge >= 0.3 is 11.9 Å². The zero-order valence-corrected chi connectivity index (χ0v) is 16.4. The average molecular weight is 442 g/mol. The summed E-state index contributed by atoms with van der Waals surface area (Å²) in [6.45, 7) is 0. The predicted octanol–water partition coefficient (Wildman–Crippen LogP) is 5.32. The second-order valence-corrected chi connectivity index (χ2v) is 6.72. The summed E-state index contributed by atoms with van der Waals surface area (Å²) in [5.41, 5.74) is 0.852. The Balaban J connectivity index is 2.43. The molecule has 0 heterocycles. The Kier molecular flexibility index (Phi) is 5.65. The van der Waals surface area contributed by atoms with Crippen molar-refractivity contribution in [3.05, 3.63) is 82.3 Å². The molecule has 0 bridgehead atoms. The summed E-state index contributed by atoms with van der Waals surface area (Å²) in [6.07, 6.45) is 0. The predicted molar refractivity (Wildman–Crippen MR) is 109 cm³/mol. The smallest absolute Gasteiger partial charge is 0.337 e. The molecular formula is C21H16BrNO5. The molecule has 0 saturated heterocycles. The SMILES string of the molecule is COc1ccccc1N(c1ccccc1)c1c(C(=O)O)cc(Br)cc1C(=O)O. The van der Waals surface area contributed by atoms with Crippen LogP contribution in [-0.4, -0.2) is 29.3 Å². The quantitative estimate of drug-likeness (QED) is 0.537. The monoisotopic (exact) mass is 441 g/mol. The number of anilines is 3. The van der Waals surface area contributed by atoms with Gasteiger partial charge < -0.3 is 19.8 Å². The molecule has 0 atom stereocenters. The molecule has 0 aromatic heterocycles. The van der Waals surface area contributed by atoms with Crippen LogP contribution in [0.1, 0.15) is 20.7 Å². The largest absolute Gasteiger partial charge is 0.495 e. The summed E-state index contributed by atoms with van der Waals surface area (Å²) in [7, 11) is 1.50. The van der Waals surface area contributed by atoms with Crippen LogP contribution in [0.3, 0.4) is 0 Å². The number of rotatable bonds is 6. The number of carbonyl (C=O) groups is 2. The third kappa shape index (κ3) is 3.70. The highest BCUT2D eigenvalue weighted by Gasteiger charge is 2.28. The van der Waals surface area contributed by atoms with Crippen molar-refractivity contribution in [2.75, 3.05) is 12.0 Å². The maximum absolute atomic E-state index is 12.0. The molecule has 28 heavy (non-hydrogen) atoms. The van der Waals surface area contributed by atoms with Gasteiger partial charge in [-0.1, -0.05) is 46.3 Å². The number of benzene rings is 3. The summed E-state index contributed by atoms with van der Waals surface area (Å²) in [5, 5.41) is 19.6. The van der Waals surface area contributed by atoms with Gasteiger partial charge in [0.05, 0.1) is 29.6 Å². The molecule has 3 aromatic carbocycles.